The first-order valence-corrected chi connectivity index (χ1v) is 7.87. The van der Waals surface area contributed by atoms with Crippen LogP contribution in [0.2, 0.25) is 0 Å². The Morgan fingerprint density at radius 1 is 1.29 bits per heavy atom. The van der Waals surface area contributed by atoms with Gasteiger partial charge in [-0.25, -0.2) is 0 Å². The number of carbonyl (C=O) groups excluding carboxylic acids is 1. The summed E-state index contributed by atoms with van der Waals surface area (Å²) < 4.78 is 10.9. The molecule has 7 nitrogen and oxygen atoms in total. The lowest BCUT2D eigenvalue weighted by atomic mass is 10.0. The van der Waals surface area contributed by atoms with Crippen LogP contribution in [0.25, 0.3) is 10.9 Å². The lowest BCUT2D eigenvalue weighted by molar-refractivity contribution is -0.383. The summed E-state index contributed by atoms with van der Waals surface area (Å²) in [6.45, 7) is 5.46. The standard InChI is InChI=1S/C17H20N2O5/c1-4-12(5-2)17(20)24-11(3)23-15-9-8-14(19(21)22)13-7-6-10-18-16(13)15/h6-12H,4-5H2,1-3H3. The van der Waals surface area contributed by atoms with Gasteiger partial charge in [-0.05, 0) is 31.0 Å². The second-order valence-electron chi connectivity index (χ2n) is 5.38. The maximum absolute atomic E-state index is 12.0. The molecule has 1 heterocycles. The smallest absolute Gasteiger partial charge is 0.311 e. The van der Waals surface area contributed by atoms with Crippen LogP contribution in [0, 0.1) is 16.0 Å². The second-order valence-corrected chi connectivity index (χ2v) is 5.38. The Kier molecular flexibility index (Phi) is 5.68. The number of aromatic nitrogens is 1. The zero-order valence-corrected chi connectivity index (χ0v) is 13.9. The molecule has 0 fully saturated rings. The van der Waals surface area contributed by atoms with Crippen LogP contribution >= 0.6 is 0 Å². The minimum atomic E-state index is -0.815. The van der Waals surface area contributed by atoms with Gasteiger partial charge in [0.25, 0.3) is 5.69 Å². The molecule has 0 N–H and O–H groups in total. The zero-order chi connectivity index (χ0) is 17.7. The Bertz CT molecular complexity index is 743. The van der Waals surface area contributed by atoms with Crippen molar-refractivity contribution in [3.63, 3.8) is 0 Å². The van der Waals surface area contributed by atoms with Crippen molar-refractivity contribution < 1.29 is 19.2 Å². The number of rotatable bonds is 7. The number of carbonyl (C=O) groups is 1. The molecule has 0 aliphatic heterocycles. The van der Waals surface area contributed by atoms with E-state index in [0.717, 1.165) is 0 Å². The van der Waals surface area contributed by atoms with Gasteiger partial charge in [0.15, 0.2) is 5.75 Å². The normalized spacial score (nSPS) is 12.2. The molecule has 1 aromatic heterocycles. The summed E-state index contributed by atoms with van der Waals surface area (Å²) in [5, 5.41) is 11.5. The van der Waals surface area contributed by atoms with Crippen molar-refractivity contribution in [3.8, 4) is 5.75 Å². The second kappa shape index (κ2) is 7.72. The van der Waals surface area contributed by atoms with E-state index in [1.165, 1.54) is 18.3 Å². The quantitative estimate of drug-likeness (QED) is 0.331. The molecule has 0 amide bonds. The Morgan fingerprint density at radius 2 is 2.00 bits per heavy atom. The zero-order valence-electron chi connectivity index (χ0n) is 13.9. The highest BCUT2D eigenvalue weighted by molar-refractivity contribution is 5.92. The van der Waals surface area contributed by atoms with Crippen molar-refractivity contribution in [1.82, 2.24) is 4.98 Å². The number of hydrogen-bond donors (Lipinski definition) is 0. The van der Waals surface area contributed by atoms with Crippen molar-refractivity contribution in [2.24, 2.45) is 5.92 Å². The number of esters is 1. The van der Waals surface area contributed by atoms with Gasteiger partial charge in [-0.2, -0.15) is 0 Å². The number of hydrogen-bond acceptors (Lipinski definition) is 6. The van der Waals surface area contributed by atoms with Gasteiger partial charge >= 0.3 is 5.97 Å². The third-order valence-electron chi connectivity index (χ3n) is 3.80. The average Bonchev–Trinajstić information content (AvgIpc) is 2.55. The predicted molar refractivity (Wildman–Crippen MR) is 88.7 cm³/mol. The van der Waals surface area contributed by atoms with Gasteiger partial charge in [0, 0.05) is 19.2 Å². The third kappa shape index (κ3) is 3.79. The first-order valence-electron chi connectivity index (χ1n) is 7.87. The van der Waals surface area contributed by atoms with Gasteiger partial charge in [-0.15, -0.1) is 0 Å². The van der Waals surface area contributed by atoms with Crippen LogP contribution in [-0.2, 0) is 9.53 Å². The van der Waals surface area contributed by atoms with Crippen LogP contribution in [0.3, 0.4) is 0 Å². The Balaban J connectivity index is 2.23. The first-order chi connectivity index (χ1) is 11.5. The lowest BCUT2D eigenvalue weighted by Crippen LogP contribution is -2.25. The number of benzene rings is 1. The highest BCUT2D eigenvalue weighted by Gasteiger charge is 2.21. The summed E-state index contributed by atoms with van der Waals surface area (Å²) >= 11 is 0. The minimum Gasteiger partial charge on any atom is -0.453 e. The molecular formula is C17H20N2O5. The van der Waals surface area contributed by atoms with Gasteiger partial charge in [-0.1, -0.05) is 13.8 Å². The molecule has 2 rings (SSSR count). The van der Waals surface area contributed by atoms with E-state index >= 15 is 0 Å². The molecule has 24 heavy (non-hydrogen) atoms. The molecule has 0 saturated carbocycles. The van der Waals surface area contributed by atoms with Gasteiger partial charge in [-0.3, -0.25) is 19.9 Å². The molecule has 128 valence electrons. The average molecular weight is 332 g/mol. The molecular weight excluding hydrogens is 312 g/mol. The lowest BCUT2D eigenvalue weighted by Gasteiger charge is -2.19. The largest absolute Gasteiger partial charge is 0.453 e. The van der Waals surface area contributed by atoms with E-state index in [1.807, 2.05) is 13.8 Å². The van der Waals surface area contributed by atoms with E-state index < -0.39 is 11.2 Å². The molecule has 0 bridgehead atoms. The molecule has 2 aromatic rings. The van der Waals surface area contributed by atoms with Gasteiger partial charge in [0.2, 0.25) is 6.29 Å². The number of ether oxygens (including phenoxy) is 2. The van der Waals surface area contributed by atoms with E-state index in [4.69, 9.17) is 9.47 Å². The fourth-order valence-electron chi connectivity index (χ4n) is 2.47. The molecule has 0 spiro atoms. The fourth-order valence-corrected chi connectivity index (χ4v) is 2.47. The third-order valence-corrected chi connectivity index (χ3v) is 3.80. The highest BCUT2D eigenvalue weighted by Crippen LogP contribution is 2.31. The molecule has 0 radical (unpaired) electrons. The van der Waals surface area contributed by atoms with E-state index in [1.54, 1.807) is 19.1 Å². The fraction of sp³-hybridized carbons (Fsp3) is 0.412. The summed E-state index contributed by atoms with van der Waals surface area (Å²) in [5.41, 5.74) is 0.309. The van der Waals surface area contributed by atoms with Crippen molar-refractivity contribution in [2.45, 2.75) is 39.9 Å². The predicted octanol–water partition coefficient (Wildman–Crippen LogP) is 3.85. The Hall–Kier alpha value is -2.70. The van der Waals surface area contributed by atoms with E-state index in [0.29, 0.717) is 29.5 Å². The molecule has 1 aromatic carbocycles. The maximum Gasteiger partial charge on any atom is 0.311 e. The molecule has 7 heteroatoms. The van der Waals surface area contributed by atoms with Gasteiger partial charge in [0.05, 0.1) is 16.2 Å². The van der Waals surface area contributed by atoms with Crippen molar-refractivity contribution >= 4 is 22.6 Å². The first kappa shape index (κ1) is 17.7. The van der Waals surface area contributed by atoms with Crippen LogP contribution < -0.4 is 4.74 Å². The summed E-state index contributed by atoms with van der Waals surface area (Å²) in [4.78, 5) is 26.8. The van der Waals surface area contributed by atoms with Gasteiger partial charge in [0.1, 0.15) is 5.52 Å². The maximum atomic E-state index is 12.0. The summed E-state index contributed by atoms with van der Waals surface area (Å²) in [5.74, 6) is -0.143. The van der Waals surface area contributed by atoms with E-state index in [2.05, 4.69) is 4.98 Å². The molecule has 0 aliphatic rings. The summed E-state index contributed by atoms with van der Waals surface area (Å²) in [7, 11) is 0. The number of nitro groups is 1. The number of non-ortho nitro benzene ring substituents is 1. The molecule has 0 aliphatic carbocycles. The minimum absolute atomic E-state index is 0.0490. The molecule has 1 atom stereocenters. The Morgan fingerprint density at radius 3 is 2.62 bits per heavy atom. The molecule has 0 saturated heterocycles. The number of pyridine rings is 1. The van der Waals surface area contributed by atoms with Crippen LogP contribution in [0.5, 0.6) is 5.75 Å². The van der Waals surface area contributed by atoms with Crippen LogP contribution in [0.1, 0.15) is 33.6 Å². The van der Waals surface area contributed by atoms with E-state index in [-0.39, 0.29) is 17.6 Å². The van der Waals surface area contributed by atoms with Crippen LogP contribution in [0.4, 0.5) is 5.69 Å². The van der Waals surface area contributed by atoms with Crippen LogP contribution in [-0.4, -0.2) is 22.2 Å². The van der Waals surface area contributed by atoms with Crippen molar-refractivity contribution in [1.29, 1.82) is 0 Å². The topological polar surface area (TPSA) is 91.6 Å². The van der Waals surface area contributed by atoms with Crippen molar-refractivity contribution in [3.05, 3.63) is 40.6 Å². The van der Waals surface area contributed by atoms with Crippen LogP contribution in [0.15, 0.2) is 30.5 Å². The van der Waals surface area contributed by atoms with Crippen molar-refractivity contribution in [2.75, 3.05) is 0 Å². The number of nitro benzene ring substituents is 1. The summed E-state index contributed by atoms with van der Waals surface area (Å²) in [6, 6.07) is 6.05. The molecule has 1 unspecified atom stereocenters. The number of fused-ring (bicyclic) bond motifs is 1. The highest BCUT2D eigenvalue weighted by atomic mass is 16.7. The summed E-state index contributed by atoms with van der Waals surface area (Å²) in [6.07, 6.45) is 2.11. The Labute approximate surface area is 139 Å². The van der Waals surface area contributed by atoms with Gasteiger partial charge < -0.3 is 9.47 Å². The van der Waals surface area contributed by atoms with E-state index in [9.17, 15) is 14.9 Å². The SMILES string of the molecule is CCC(CC)C(=O)OC(C)Oc1ccc([N+](=O)[O-])c2cccnc12. The monoisotopic (exact) mass is 332 g/mol. The number of nitrogens with zero attached hydrogens (tertiary/aromatic N) is 2.